The van der Waals surface area contributed by atoms with E-state index in [0.29, 0.717) is 0 Å². The van der Waals surface area contributed by atoms with Crippen LogP contribution >= 0.6 is 11.8 Å². The second kappa shape index (κ2) is 4.02. The van der Waals surface area contributed by atoms with Crippen molar-refractivity contribution in [3.05, 3.63) is 10.5 Å². The van der Waals surface area contributed by atoms with E-state index in [9.17, 15) is 0 Å². The number of hydrogen-bond donors (Lipinski definition) is 0. The Bertz CT molecular complexity index is 80.6. The fraction of sp³-hybridized carbons (Fsp3) is 0.714. The van der Waals surface area contributed by atoms with E-state index in [2.05, 4.69) is 27.0 Å². The molecule has 0 aliphatic carbocycles. The summed E-state index contributed by atoms with van der Waals surface area (Å²) >= 11 is 1.84. The van der Waals surface area contributed by atoms with Crippen molar-refractivity contribution in [2.24, 2.45) is 0 Å². The van der Waals surface area contributed by atoms with Crippen molar-refractivity contribution in [1.82, 2.24) is 0 Å². The van der Waals surface area contributed by atoms with Crippen molar-refractivity contribution in [1.29, 1.82) is 0 Å². The molecule has 0 heterocycles. The lowest BCUT2D eigenvalue weighted by molar-refractivity contribution is 1.09. The molecule has 0 spiro atoms. The highest BCUT2D eigenvalue weighted by molar-refractivity contribution is 8.02. The summed E-state index contributed by atoms with van der Waals surface area (Å²) < 4.78 is 0. The third-order valence-electron chi connectivity index (χ3n) is 1.44. The molecule has 8 heavy (non-hydrogen) atoms. The maximum atomic E-state index is 2.19. The summed E-state index contributed by atoms with van der Waals surface area (Å²) in [6.45, 7) is 6.55. The minimum absolute atomic E-state index is 1.19. The minimum atomic E-state index is 1.19. The van der Waals surface area contributed by atoms with Gasteiger partial charge in [0.2, 0.25) is 0 Å². The van der Waals surface area contributed by atoms with Crippen LogP contribution in [0.15, 0.2) is 10.5 Å². The quantitative estimate of drug-likeness (QED) is 0.553. The summed E-state index contributed by atoms with van der Waals surface area (Å²) in [7, 11) is 0. The lowest BCUT2D eigenvalue weighted by atomic mass is 10.2. The zero-order chi connectivity index (χ0) is 6.57. The fourth-order valence-electron chi connectivity index (χ4n) is 0.423. The smallest absolute Gasteiger partial charge is 0.0140 e. The first-order valence-electron chi connectivity index (χ1n) is 2.92. The van der Waals surface area contributed by atoms with Gasteiger partial charge in [0.05, 0.1) is 0 Å². The molecule has 0 aromatic carbocycles. The Balaban J connectivity index is 3.83. The molecule has 0 fully saturated rings. The van der Waals surface area contributed by atoms with Crippen molar-refractivity contribution in [2.75, 3.05) is 6.26 Å². The second-order valence-electron chi connectivity index (χ2n) is 1.89. The van der Waals surface area contributed by atoms with Crippen LogP contribution in [0.5, 0.6) is 0 Å². The molecule has 0 saturated carbocycles. The Kier molecular flexibility index (Phi) is 4.06. The van der Waals surface area contributed by atoms with Gasteiger partial charge in [-0.2, -0.15) is 0 Å². The lowest BCUT2D eigenvalue weighted by Crippen LogP contribution is -1.74. The van der Waals surface area contributed by atoms with Crippen molar-refractivity contribution < 1.29 is 0 Å². The van der Waals surface area contributed by atoms with E-state index in [-0.39, 0.29) is 0 Å². The summed E-state index contributed by atoms with van der Waals surface area (Å²) in [6, 6.07) is 0. The molecule has 0 aromatic heterocycles. The van der Waals surface area contributed by atoms with Crippen LogP contribution in [0, 0.1) is 0 Å². The molecular formula is C7H14S. The molecule has 0 amide bonds. The molecule has 0 rings (SSSR count). The van der Waals surface area contributed by atoms with Crippen LogP contribution < -0.4 is 0 Å². The zero-order valence-electron chi connectivity index (χ0n) is 6.12. The number of thioether (sulfide) groups is 1. The van der Waals surface area contributed by atoms with E-state index in [1.807, 2.05) is 11.8 Å². The van der Waals surface area contributed by atoms with Gasteiger partial charge in [-0.05, 0) is 31.4 Å². The monoisotopic (exact) mass is 130 g/mol. The van der Waals surface area contributed by atoms with E-state index in [0.717, 1.165) is 0 Å². The Morgan fingerprint density at radius 3 is 2.00 bits per heavy atom. The van der Waals surface area contributed by atoms with Crippen molar-refractivity contribution in [2.45, 2.75) is 27.2 Å². The Labute approximate surface area is 56.4 Å². The molecule has 0 unspecified atom stereocenters. The molecule has 48 valence electrons. The summed E-state index contributed by atoms with van der Waals surface area (Å²) in [5.41, 5.74) is 1.51. The minimum Gasteiger partial charge on any atom is -0.134 e. The topological polar surface area (TPSA) is 0 Å². The maximum absolute atomic E-state index is 2.19. The fourth-order valence-corrected chi connectivity index (χ4v) is 0.916. The van der Waals surface area contributed by atoms with E-state index >= 15 is 0 Å². The maximum Gasteiger partial charge on any atom is -0.0140 e. The molecule has 0 aromatic rings. The average Bonchev–Trinajstić information content (AvgIpc) is 1.84. The normalized spacial score (nSPS) is 13.5. The van der Waals surface area contributed by atoms with Gasteiger partial charge in [-0.25, -0.2) is 0 Å². The molecule has 0 nitrogen and oxygen atoms in total. The van der Waals surface area contributed by atoms with Crippen LogP contribution in [-0.2, 0) is 0 Å². The van der Waals surface area contributed by atoms with Gasteiger partial charge in [0.1, 0.15) is 0 Å². The van der Waals surface area contributed by atoms with E-state index < -0.39 is 0 Å². The second-order valence-corrected chi connectivity index (χ2v) is 2.91. The first-order chi connectivity index (χ1) is 3.72. The van der Waals surface area contributed by atoms with Crippen LogP contribution in [0.3, 0.4) is 0 Å². The highest BCUT2D eigenvalue weighted by Gasteiger charge is 1.88. The third kappa shape index (κ3) is 2.41. The Morgan fingerprint density at radius 1 is 1.38 bits per heavy atom. The van der Waals surface area contributed by atoms with E-state index in [1.54, 1.807) is 0 Å². The molecule has 0 aliphatic rings. The molecule has 0 atom stereocenters. The molecule has 0 radical (unpaired) electrons. The van der Waals surface area contributed by atoms with E-state index in [1.165, 1.54) is 16.9 Å². The molecule has 0 saturated heterocycles. The lowest BCUT2D eigenvalue weighted by Gasteiger charge is -1.98. The van der Waals surface area contributed by atoms with Gasteiger partial charge in [-0.1, -0.05) is 12.5 Å². The van der Waals surface area contributed by atoms with Crippen molar-refractivity contribution in [3.63, 3.8) is 0 Å². The van der Waals surface area contributed by atoms with Gasteiger partial charge >= 0.3 is 0 Å². The summed E-state index contributed by atoms with van der Waals surface area (Å²) in [4.78, 5) is 1.47. The van der Waals surface area contributed by atoms with Crippen LogP contribution in [0.1, 0.15) is 27.2 Å². The first kappa shape index (κ1) is 8.09. The first-order valence-corrected chi connectivity index (χ1v) is 4.15. The van der Waals surface area contributed by atoms with Crippen molar-refractivity contribution in [3.8, 4) is 0 Å². The number of rotatable bonds is 2. The van der Waals surface area contributed by atoms with Crippen LogP contribution in [-0.4, -0.2) is 6.26 Å². The van der Waals surface area contributed by atoms with Crippen molar-refractivity contribution >= 4 is 11.8 Å². The van der Waals surface area contributed by atoms with Gasteiger partial charge in [0.15, 0.2) is 0 Å². The highest BCUT2D eigenvalue weighted by atomic mass is 32.2. The SMILES string of the molecule is CC/C(C)=C(/C)SC. The van der Waals surface area contributed by atoms with Gasteiger partial charge in [0, 0.05) is 0 Å². The number of hydrogen-bond acceptors (Lipinski definition) is 1. The average molecular weight is 130 g/mol. The standard InChI is InChI=1S/C7H14S/c1-5-6(2)7(3)8-4/h5H2,1-4H3/b7-6-. The Morgan fingerprint density at radius 2 is 1.88 bits per heavy atom. The largest absolute Gasteiger partial charge is 0.134 e. The summed E-state index contributed by atoms with van der Waals surface area (Å²) in [6.07, 6.45) is 3.31. The van der Waals surface area contributed by atoms with Gasteiger partial charge in [0.25, 0.3) is 0 Å². The van der Waals surface area contributed by atoms with Gasteiger partial charge < -0.3 is 0 Å². The molecule has 0 N–H and O–H groups in total. The predicted molar refractivity (Wildman–Crippen MR) is 42.2 cm³/mol. The Hall–Kier alpha value is 0.0900. The number of allylic oxidation sites excluding steroid dienone is 2. The summed E-state index contributed by atoms with van der Waals surface area (Å²) in [5, 5.41) is 0. The molecular weight excluding hydrogens is 116 g/mol. The molecule has 1 heteroatoms. The molecule has 0 bridgehead atoms. The van der Waals surface area contributed by atoms with Gasteiger partial charge in [-0.3, -0.25) is 0 Å². The van der Waals surface area contributed by atoms with Gasteiger partial charge in [-0.15, -0.1) is 11.8 Å². The predicted octanol–water partition coefficient (Wildman–Crippen LogP) is 3.05. The molecule has 0 aliphatic heterocycles. The van der Waals surface area contributed by atoms with Crippen LogP contribution in [0.25, 0.3) is 0 Å². The third-order valence-corrected chi connectivity index (χ3v) is 2.40. The summed E-state index contributed by atoms with van der Waals surface area (Å²) in [5.74, 6) is 0. The zero-order valence-corrected chi connectivity index (χ0v) is 6.93. The van der Waals surface area contributed by atoms with Crippen LogP contribution in [0.2, 0.25) is 0 Å². The van der Waals surface area contributed by atoms with E-state index in [4.69, 9.17) is 0 Å². The van der Waals surface area contributed by atoms with Crippen LogP contribution in [0.4, 0.5) is 0 Å². The highest BCUT2D eigenvalue weighted by Crippen LogP contribution is 2.16.